The molecule has 66 valence electrons. The number of allylic oxidation sites excluding steroid dienone is 1. The molecule has 0 heterocycles. The summed E-state index contributed by atoms with van der Waals surface area (Å²) in [5.41, 5.74) is 5.72. The van der Waals surface area contributed by atoms with E-state index in [-0.39, 0.29) is 10.7 Å². The fourth-order valence-electron chi connectivity index (χ4n) is 0.834. The number of nitrogens with two attached hydrogens (primary N) is 1. The number of hydrogen-bond donors (Lipinski definition) is 1. The van der Waals surface area contributed by atoms with Gasteiger partial charge in [0.2, 0.25) is 0 Å². The van der Waals surface area contributed by atoms with E-state index in [1.807, 2.05) is 0 Å². The highest BCUT2D eigenvalue weighted by molar-refractivity contribution is 6.33. The van der Waals surface area contributed by atoms with Gasteiger partial charge in [0.15, 0.2) is 0 Å². The van der Waals surface area contributed by atoms with E-state index in [4.69, 9.17) is 22.6 Å². The van der Waals surface area contributed by atoms with Crippen molar-refractivity contribution in [1.29, 1.82) is 5.26 Å². The summed E-state index contributed by atoms with van der Waals surface area (Å²) in [4.78, 5) is 0. The summed E-state index contributed by atoms with van der Waals surface area (Å²) in [6, 6.07) is 4.50. The Hall–Kier alpha value is -1.53. The second kappa shape index (κ2) is 3.92. The molecule has 0 bridgehead atoms. The summed E-state index contributed by atoms with van der Waals surface area (Å²) in [6.07, 6.45) is 2.69. The van der Waals surface area contributed by atoms with Crippen molar-refractivity contribution in [2.45, 2.75) is 0 Å². The van der Waals surface area contributed by atoms with Gasteiger partial charge in [0.25, 0.3) is 0 Å². The molecule has 0 radical (unpaired) electrons. The molecule has 0 aliphatic heterocycles. The number of anilines is 1. The van der Waals surface area contributed by atoms with E-state index >= 15 is 0 Å². The number of benzene rings is 1. The van der Waals surface area contributed by atoms with Crippen LogP contribution < -0.4 is 5.73 Å². The van der Waals surface area contributed by atoms with Crippen LogP contribution in [0.15, 0.2) is 18.2 Å². The van der Waals surface area contributed by atoms with Crippen LogP contribution in [-0.2, 0) is 0 Å². The summed E-state index contributed by atoms with van der Waals surface area (Å²) in [7, 11) is 0. The summed E-state index contributed by atoms with van der Waals surface area (Å²) >= 11 is 5.62. The molecule has 0 aromatic heterocycles. The van der Waals surface area contributed by atoms with Gasteiger partial charge in [-0.2, -0.15) is 5.26 Å². The third kappa shape index (κ3) is 2.20. The monoisotopic (exact) mass is 196 g/mol. The van der Waals surface area contributed by atoms with Crippen LogP contribution in [0.1, 0.15) is 5.56 Å². The predicted octanol–water partition coefficient (Wildman–Crippen LogP) is 2.60. The highest BCUT2D eigenvalue weighted by Crippen LogP contribution is 2.24. The Morgan fingerprint density at radius 2 is 2.23 bits per heavy atom. The molecule has 0 atom stereocenters. The van der Waals surface area contributed by atoms with Crippen molar-refractivity contribution >= 4 is 23.4 Å². The van der Waals surface area contributed by atoms with Crippen LogP contribution in [0.3, 0.4) is 0 Å². The molecule has 1 rings (SSSR count). The minimum atomic E-state index is -0.579. The molecule has 4 heteroatoms. The number of nitrogen functional groups attached to an aromatic ring is 1. The van der Waals surface area contributed by atoms with Gasteiger partial charge < -0.3 is 5.73 Å². The number of nitrogens with zero attached hydrogens (tertiary/aromatic N) is 1. The van der Waals surface area contributed by atoms with E-state index in [0.717, 1.165) is 0 Å². The number of halogens is 2. The third-order valence-corrected chi connectivity index (χ3v) is 1.76. The molecular formula is C9H6ClFN2. The molecule has 0 aliphatic carbocycles. The molecule has 0 unspecified atom stereocenters. The van der Waals surface area contributed by atoms with Gasteiger partial charge in [-0.25, -0.2) is 4.39 Å². The van der Waals surface area contributed by atoms with E-state index < -0.39 is 5.82 Å². The van der Waals surface area contributed by atoms with Crippen LogP contribution in [-0.4, -0.2) is 0 Å². The average Bonchev–Trinajstić information content (AvgIpc) is 2.10. The van der Waals surface area contributed by atoms with Crippen LogP contribution in [0.2, 0.25) is 5.02 Å². The van der Waals surface area contributed by atoms with Gasteiger partial charge in [-0.05, 0) is 23.8 Å². The van der Waals surface area contributed by atoms with Gasteiger partial charge in [0.05, 0.1) is 16.8 Å². The molecule has 0 saturated carbocycles. The molecule has 0 aliphatic rings. The standard InChI is InChI=1S/C9H6ClFN2/c10-7-4-6(2-1-3-12)5-8(11)9(7)13/h1-2,4-5H,13H2. The number of nitriles is 1. The van der Waals surface area contributed by atoms with Crippen molar-refractivity contribution < 1.29 is 4.39 Å². The third-order valence-electron chi connectivity index (χ3n) is 1.45. The van der Waals surface area contributed by atoms with Crippen LogP contribution in [0.4, 0.5) is 10.1 Å². The first kappa shape index (κ1) is 9.56. The Bertz CT molecular complexity index is 370. The Labute approximate surface area is 80.0 Å². The predicted molar refractivity (Wildman–Crippen MR) is 50.5 cm³/mol. The van der Waals surface area contributed by atoms with Crippen molar-refractivity contribution in [3.8, 4) is 6.07 Å². The molecule has 0 spiro atoms. The lowest BCUT2D eigenvalue weighted by atomic mass is 10.2. The van der Waals surface area contributed by atoms with Crippen molar-refractivity contribution in [2.24, 2.45) is 0 Å². The zero-order valence-corrected chi connectivity index (χ0v) is 7.35. The van der Waals surface area contributed by atoms with Gasteiger partial charge in [-0.1, -0.05) is 11.6 Å². The molecule has 0 saturated heterocycles. The van der Waals surface area contributed by atoms with Crippen molar-refractivity contribution in [2.75, 3.05) is 5.73 Å². The summed E-state index contributed by atoms with van der Waals surface area (Å²) < 4.78 is 12.9. The van der Waals surface area contributed by atoms with Gasteiger partial charge in [-0.15, -0.1) is 0 Å². The molecule has 2 nitrogen and oxygen atoms in total. The second-order valence-electron chi connectivity index (χ2n) is 2.36. The highest BCUT2D eigenvalue weighted by Gasteiger charge is 2.03. The van der Waals surface area contributed by atoms with E-state index in [1.165, 1.54) is 24.3 Å². The van der Waals surface area contributed by atoms with E-state index in [2.05, 4.69) is 0 Å². The maximum Gasteiger partial charge on any atom is 0.148 e. The smallest absolute Gasteiger partial charge is 0.148 e. The Kier molecular flexibility index (Phi) is 2.88. The first-order valence-electron chi connectivity index (χ1n) is 3.46. The van der Waals surface area contributed by atoms with E-state index in [0.29, 0.717) is 5.56 Å². The molecule has 13 heavy (non-hydrogen) atoms. The van der Waals surface area contributed by atoms with Crippen LogP contribution in [0, 0.1) is 17.1 Å². The molecule has 0 amide bonds. The Morgan fingerprint density at radius 3 is 2.77 bits per heavy atom. The van der Waals surface area contributed by atoms with Gasteiger partial charge in [0, 0.05) is 6.08 Å². The van der Waals surface area contributed by atoms with E-state index in [9.17, 15) is 4.39 Å². The Morgan fingerprint density at radius 1 is 1.54 bits per heavy atom. The maximum atomic E-state index is 12.9. The minimum Gasteiger partial charge on any atom is -0.395 e. The normalized spacial score (nSPS) is 10.2. The molecular weight excluding hydrogens is 191 g/mol. The van der Waals surface area contributed by atoms with Crippen LogP contribution in [0.25, 0.3) is 6.08 Å². The largest absolute Gasteiger partial charge is 0.395 e. The minimum absolute atomic E-state index is 0.0734. The van der Waals surface area contributed by atoms with Crippen LogP contribution in [0.5, 0.6) is 0 Å². The van der Waals surface area contributed by atoms with Gasteiger partial charge >= 0.3 is 0 Å². The maximum absolute atomic E-state index is 12.9. The molecule has 2 N–H and O–H groups in total. The topological polar surface area (TPSA) is 49.8 Å². The lowest BCUT2D eigenvalue weighted by Gasteiger charge is -2.00. The van der Waals surface area contributed by atoms with Crippen molar-refractivity contribution in [3.63, 3.8) is 0 Å². The molecule has 0 fully saturated rings. The lowest BCUT2D eigenvalue weighted by Crippen LogP contribution is -1.92. The average molecular weight is 197 g/mol. The summed E-state index contributed by atoms with van der Waals surface area (Å²) in [5.74, 6) is -0.579. The summed E-state index contributed by atoms with van der Waals surface area (Å²) in [6.45, 7) is 0. The van der Waals surface area contributed by atoms with Crippen molar-refractivity contribution in [3.05, 3.63) is 34.6 Å². The zero-order valence-electron chi connectivity index (χ0n) is 6.59. The van der Waals surface area contributed by atoms with Crippen LogP contribution >= 0.6 is 11.6 Å². The number of rotatable bonds is 1. The van der Waals surface area contributed by atoms with Gasteiger partial charge in [0.1, 0.15) is 5.82 Å². The zero-order chi connectivity index (χ0) is 9.84. The highest BCUT2D eigenvalue weighted by atomic mass is 35.5. The van der Waals surface area contributed by atoms with Crippen molar-refractivity contribution in [1.82, 2.24) is 0 Å². The fraction of sp³-hybridized carbons (Fsp3) is 0. The lowest BCUT2D eigenvalue weighted by molar-refractivity contribution is 0.632. The Balaban J connectivity index is 3.15. The quantitative estimate of drug-likeness (QED) is 0.555. The fourth-order valence-corrected chi connectivity index (χ4v) is 1.05. The van der Waals surface area contributed by atoms with Gasteiger partial charge in [-0.3, -0.25) is 0 Å². The first-order chi connectivity index (χ1) is 6.15. The molecule has 1 aromatic rings. The second-order valence-corrected chi connectivity index (χ2v) is 2.77. The summed E-state index contributed by atoms with van der Waals surface area (Å²) in [5, 5.41) is 8.38. The number of hydrogen-bond acceptors (Lipinski definition) is 2. The molecule has 1 aromatic carbocycles. The van der Waals surface area contributed by atoms with E-state index in [1.54, 1.807) is 6.07 Å². The SMILES string of the molecule is N#CC=Cc1cc(F)c(N)c(Cl)c1. The first-order valence-corrected chi connectivity index (χ1v) is 3.83.